The maximum Gasteiger partial charge on any atom is 0.192 e. The second-order valence-corrected chi connectivity index (χ2v) is 8.35. The summed E-state index contributed by atoms with van der Waals surface area (Å²) < 4.78 is 17.9. The molecule has 4 rings (SSSR count). The molecule has 1 aromatic heterocycles. The second kappa shape index (κ2) is 4.65. The highest BCUT2D eigenvalue weighted by atomic mass is 32.2. The van der Waals surface area contributed by atoms with Crippen LogP contribution >= 0.6 is 0 Å². The van der Waals surface area contributed by atoms with Crippen LogP contribution in [0.15, 0.2) is 22.6 Å². The molecule has 3 heterocycles. The van der Waals surface area contributed by atoms with Crippen LogP contribution in [0, 0.1) is 6.92 Å². The van der Waals surface area contributed by atoms with Gasteiger partial charge in [-0.2, -0.15) is 0 Å². The van der Waals surface area contributed by atoms with E-state index in [0.717, 1.165) is 35.9 Å². The number of fused-ring (bicyclic) bond motifs is 3. The Kier molecular flexibility index (Phi) is 2.98. The van der Waals surface area contributed by atoms with Crippen molar-refractivity contribution in [1.82, 2.24) is 4.98 Å². The van der Waals surface area contributed by atoms with Gasteiger partial charge in [0.05, 0.1) is 5.60 Å². The molecule has 21 heavy (non-hydrogen) atoms. The molecule has 0 saturated carbocycles. The van der Waals surface area contributed by atoms with Crippen molar-refractivity contribution in [2.75, 3.05) is 0 Å². The molecule has 0 spiro atoms. The lowest BCUT2D eigenvalue weighted by Gasteiger charge is -2.43. The Bertz CT molecular complexity index is 707. The molecule has 2 bridgehead atoms. The predicted molar refractivity (Wildman–Crippen MR) is 81.4 cm³/mol. The van der Waals surface area contributed by atoms with Crippen LogP contribution in [0.1, 0.15) is 43.6 Å². The van der Waals surface area contributed by atoms with Gasteiger partial charge in [0.1, 0.15) is 5.52 Å². The third-order valence-corrected chi connectivity index (χ3v) is 6.99. The number of benzene rings is 1. The fourth-order valence-corrected chi connectivity index (χ4v) is 6.07. The summed E-state index contributed by atoms with van der Waals surface area (Å²) in [5.41, 5.74) is 1.54. The van der Waals surface area contributed by atoms with Crippen LogP contribution in [0.3, 0.4) is 0 Å². The van der Waals surface area contributed by atoms with Gasteiger partial charge in [-0.3, -0.25) is 4.21 Å². The van der Waals surface area contributed by atoms with Gasteiger partial charge in [0.2, 0.25) is 0 Å². The highest BCUT2D eigenvalue weighted by Crippen LogP contribution is 2.44. The lowest BCUT2D eigenvalue weighted by Crippen LogP contribution is -2.47. The summed E-state index contributed by atoms with van der Waals surface area (Å²) in [7, 11) is -0.775. The third-order valence-electron chi connectivity index (χ3n) is 4.87. The summed E-state index contributed by atoms with van der Waals surface area (Å²) in [6, 6.07) is 5.74. The van der Waals surface area contributed by atoms with Gasteiger partial charge < -0.3 is 9.52 Å². The van der Waals surface area contributed by atoms with E-state index < -0.39 is 16.4 Å². The van der Waals surface area contributed by atoms with E-state index in [-0.39, 0.29) is 10.5 Å². The molecule has 5 heteroatoms. The van der Waals surface area contributed by atoms with Crippen molar-refractivity contribution in [2.24, 2.45) is 0 Å². The highest BCUT2D eigenvalue weighted by molar-refractivity contribution is 7.86. The third kappa shape index (κ3) is 2.14. The largest absolute Gasteiger partial charge is 0.441 e. The molecule has 2 saturated heterocycles. The normalized spacial score (nSPS) is 36.0. The van der Waals surface area contributed by atoms with E-state index in [4.69, 9.17) is 4.42 Å². The first kappa shape index (κ1) is 13.5. The molecule has 2 aromatic rings. The summed E-state index contributed by atoms with van der Waals surface area (Å²) in [6.45, 7) is 1.82. The minimum atomic E-state index is -0.876. The van der Waals surface area contributed by atoms with Crippen molar-refractivity contribution >= 4 is 21.9 Å². The van der Waals surface area contributed by atoms with Crippen molar-refractivity contribution in [3.8, 4) is 0 Å². The van der Waals surface area contributed by atoms with Gasteiger partial charge in [-0.1, -0.05) is 12.5 Å². The van der Waals surface area contributed by atoms with Crippen molar-refractivity contribution in [1.29, 1.82) is 0 Å². The first-order valence-corrected chi connectivity index (χ1v) is 8.82. The van der Waals surface area contributed by atoms with E-state index in [9.17, 15) is 9.32 Å². The number of hydrogen-bond donors (Lipinski definition) is 1. The van der Waals surface area contributed by atoms with Crippen molar-refractivity contribution in [3.05, 3.63) is 29.7 Å². The maximum atomic E-state index is 12.3. The lowest BCUT2D eigenvalue weighted by molar-refractivity contribution is 0.00659. The van der Waals surface area contributed by atoms with Crippen LogP contribution in [0.4, 0.5) is 0 Å². The molecule has 2 aliphatic rings. The molecule has 1 aromatic carbocycles. The SMILES string of the molecule is Cc1nc2ccc(C3(O)CC4CCCC(C3)S4=O)cc2o1. The monoisotopic (exact) mass is 305 g/mol. The van der Waals surface area contributed by atoms with Crippen LogP contribution in [0.25, 0.3) is 11.1 Å². The predicted octanol–water partition coefficient (Wildman–Crippen LogP) is 2.79. The minimum absolute atomic E-state index is 0.134. The summed E-state index contributed by atoms with van der Waals surface area (Å²) in [6.07, 6.45) is 4.26. The molecule has 1 N–H and O–H groups in total. The zero-order chi connectivity index (χ0) is 14.6. The molecule has 2 unspecified atom stereocenters. The Labute approximate surface area is 126 Å². The topological polar surface area (TPSA) is 63.3 Å². The Morgan fingerprint density at radius 3 is 2.76 bits per heavy atom. The van der Waals surface area contributed by atoms with Crippen LogP contribution < -0.4 is 0 Å². The van der Waals surface area contributed by atoms with Gasteiger partial charge in [-0.15, -0.1) is 0 Å². The number of oxazole rings is 1. The summed E-state index contributed by atoms with van der Waals surface area (Å²) in [5, 5.41) is 11.4. The van der Waals surface area contributed by atoms with E-state index in [1.165, 1.54) is 0 Å². The number of nitrogens with zero attached hydrogens (tertiary/aromatic N) is 1. The zero-order valence-corrected chi connectivity index (χ0v) is 12.9. The van der Waals surface area contributed by atoms with Crippen molar-refractivity contribution < 1.29 is 13.7 Å². The van der Waals surface area contributed by atoms with Crippen molar-refractivity contribution in [2.45, 2.75) is 55.1 Å². The number of aromatic nitrogens is 1. The van der Waals surface area contributed by atoms with E-state index in [1.54, 1.807) is 0 Å². The smallest absolute Gasteiger partial charge is 0.192 e. The average molecular weight is 305 g/mol. The zero-order valence-electron chi connectivity index (χ0n) is 12.0. The Balaban J connectivity index is 1.74. The Morgan fingerprint density at radius 1 is 1.33 bits per heavy atom. The number of aliphatic hydroxyl groups is 1. The molecule has 0 radical (unpaired) electrons. The van der Waals surface area contributed by atoms with E-state index >= 15 is 0 Å². The van der Waals surface area contributed by atoms with E-state index in [0.29, 0.717) is 18.7 Å². The van der Waals surface area contributed by atoms with Crippen LogP contribution in [-0.2, 0) is 16.4 Å². The fraction of sp³-hybridized carbons (Fsp3) is 0.562. The summed E-state index contributed by atoms with van der Waals surface area (Å²) in [4.78, 5) is 4.29. The Morgan fingerprint density at radius 2 is 2.05 bits per heavy atom. The van der Waals surface area contributed by atoms with Crippen LogP contribution in [0.5, 0.6) is 0 Å². The molecular formula is C16H19NO3S. The number of rotatable bonds is 1. The quantitative estimate of drug-likeness (QED) is 0.880. The molecule has 112 valence electrons. The fourth-order valence-electron chi connectivity index (χ4n) is 3.85. The second-order valence-electron chi connectivity index (χ2n) is 6.36. The van der Waals surface area contributed by atoms with Gasteiger partial charge >= 0.3 is 0 Å². The van der Waals surface area contributed by atoms with Gasteiger partial charge in [-0.05, 0) is 43.4 Å². The summed E-state index contributed by atoms with van der Waals surface area (Å²) >= 11 is 0. The maximum absolute atomic E-state index is 12.3. The first-order valence-electron chi connectivity index (χ1n) is 7.55. The molecular weight excluding hydrogens is 286 g/mol. The van der Waals surface area contributed by atoms with E-state index in [1.807, 2.05) is 25.1 Å². The lowest BCUT2D eigenvalue weighted by atomic mass is 9.80. The van der Waals surface area contributed by atoms with Gasteiger partial charge in [0.15, 0.2) is 11.5 Å². The van der Waals surface area contributed by atoms with Gasteiger partial charge in [0.25, 0.3) is 0 Å². The van der Waals surface area contributed by atoms with Gasteiger partial charge in [-0.25, -0.2) is 4.98 Å². The Hall–Kier alpha value is -1.20. The first-order chi connectivity index (χ1) is 10.0. The van der Waals surface area contributed by atoms with Gasteiger partial charge in [0, 0.05) is 28.2 Å². The van der Waals surface area contributed by atoms with Crippen LogP contribution in [-0.4, -0.2) is 24.8 Å². The number of aryl methyl sites for hydroxylation is 1. The molecule has 2 fully saturated rings. The summed E-state index contributed by atoms with van der Waals surface area (Å²) in [5.74, 6) is 0.635. The average Bonchev–Trinajstić information content (AvgIpc) is 2.80. The number of hydrogen-bond acceptors (Lipinski definition) is 4. The molecule has 2 atom stereocenters. The van der Waals surface area contributed by atoms with Crippen molar-refractivity contribution in [3.63, 3.8) is 0 Å². The molecule has 0 amide bonds. The minimum Gasteiger partial charge on any atom is -0.441 e. The molecule has 0 aliphatic carbocycles. The molecule has 4 nitrogen and oxygen atoms in total. The van der Waals surface area contributed by atoms with Crippen LogP contribution in [0.2, 0.25) is 0 Å². The standard InChI is InChI=1S/C16H19NO3S/c1-10-17-14-6-5-11(7-15(14)20-10)16(18)8-12-3-2-4-13(9-16)21(12)19/h5-7,12-13,18H,2-4,8-9H2,1H3. The van der Waals surface area contributed by atoms with E-state index in [2.05, 4.69) is 4.98 Å². The highest BCUT2D eigenvalue weighted by Gasteiger charge is 2.46. The molecule has 2 aliphatic heterocycles.